The third kappa shape index (κ3) is 3.07. The number of fused-ring (bicyclic) bond motifs is 2. The average Bonchev–Trinajstić information content (AvgIpc) is 3.06. The minimum absolute atomic E-state index is 0.150. The molecule has 0 aromatic carbocycles. The minimum atomic E-state index is -4.81. The predicted octanol–water partition coefficient (Wildman–Crippen LogP) is -1.40. The first-order valence-corrected chi connectivity index (χ1v) is 7.95. The molecular formula is C11H14N4O7S. The van der Waals surface area contributed by atoms with Gasteiger partial charge in [0.1, 0.15) is 12.1 Å². The summed E-state index contributed by atoms with van der Waals surface area (Å²) in [6, 6.07) is 0.118. The van der Waals surface area contributed by atoms with Crippen molar-refractivity contribution in [3.8, 4) is 0 Å². The Kier molecular flexibility index (Phi) is 3.85. The van der Waals surface area contributed by atoms with Crippen molar-refractivity contribution in [2.75, 3.05) is 19.7 Å². The molecule has 1 aromatic rings. The van der Waals surface area contributed by atoms with E-state index in [1.54, 1.807) is 12.3 Å². The Hall–Kier alpha value is -1.99. The molecule has 0 aliphatic carbocycles. The first-order valence-electron chi connectivity index (χ1n) is 6.59. The Labute approximate surface area is 130 Å². The van der Waals surface area contributed by atoms with Gasteiger partial charge in [-0.1, -0.05) is 0 Å². The Morgan fingerprint density at radius 2 is 2.22 bits per heavy atom. The first-order chi connectivity index (χ1) is 10.8. The SMILES string of the molecule is O=C1N2CC(n3ccc([C@H](O)CO)n3)=CC(C2)N1OS(=O)(=O)O. The van der Waals surface area contributed by atoms with Gasteiger partial charge in [-0.05, 0) is 12.1 Å². The lowest BCUT2D eigenvalue weighted by Crippen LogP contribution is -2.35. The molecule has 126 valence electrons. The molecule has 3 N–H and O–H groups in total. The molecule has 0 radical (unpaired) electrons. The fourth-order valence-electron chi connectivity index (χ4n) is 2.49. The van der Waals surface area contributed by atoms with Crippen LogP contribution in [0.5, 0.6) is 0 Å². The molecule has 2 aliphatic rings. The van der Waals surface area contributed by atoms with Gasteiger partial charge in [-0.15, -0.1) is 4.28 Å². The third-order valence-corrected chi connectivity index (χ3v) is 3.85. The van der Waals surface area contributed by atoms with E-state index in [-0.39, 0.29) is 18.8 Å². The second kappa shape index (κ2) is 5.58. The lowest BCUT2D eigenvalue weighted by Gasteiger charge is -2.21. The van der Waals surface area contributed by atoms with Crippen LogP contribution in [-0.2, 0) is 14.7 Å². The highest BCUT2D eigenvalue weighted by Crippen LogP contribution is 2.27. The van der Waals surface area contributed by atoms with Gasteiger partial charge in [-0.25, -0.2) is 9.48 Å². The summed E-state index contributed by atoms with van der Waals surface area (Å²) in [6.45, 7) is -0.110. The first kappa shape index (κ1) is 15.9. The van der Waals surface area contributed by atoms with Crippen molar-refractivity contribution in [2.45, 2.75) is 12.1 Å². The topological polar surface area (TPSA) is 145 Å². The third-order valence-electron chi connectivity index (χ3n) is 3.50. The van der Waals surface area contributed by atoms with Gasteiger partial charge < -0.3 is 15.1 Å². The van der Waals surface area contributed by atoms with Gasteiger partial charge in [0, 0.05) is 12.7 Å². The molecule has 0 spiro atoms. The maximum atomic E-state index is 12.0. The van der Waals surface area contributed by atoms with Gasteiger partial charge >= 0.3 is 16.4 Å². The van der Waals surface area contributed by atoms with Crippen molar-refractivity contribution >= 4 is 22.1 Å². The number of aliphatic hydroxyl groups excluding tert-OH is 2. The summed E-state index contributed by atoms with van der Waals surface area (Å²) in [5, 5.41) is 23.1. The van der Waals surface area contributed by atoms with Crippen LogP contribution in [0.25, 0.3) is 5.70 Å². The maximum Gasteiger partial charge on any atom is 0.418 e. The molecule has 0 saturated carbocycles. The van der Waals surface area contributed by atoms with Crippen molar-refractivity contribution in [3.63, 3.8) is 0 Å². The number of urea groups is 1. The highest BCUT2D eigenvalue weighted by Gasteiger charge is 2.43. The van der Waals surface area contributed by atoms with E-state index < -0.39 is 35.2 Å². The average molecular weight is 346 g/mol. The minimum Gasteiger partial charge on any atom is -0.393 e. The molecule has 23 heavy (non-hydrogen) atoms. The highest BCUT2D eigenvalue weighted by molar-refractivity contribution is 7.80. The number of aromatic nitrogens is 2. The molecule has 1 unspecified atom stereocenters. The van der Waals surface area contributed by atoms with Gasteiger partial charge in [0.2, 0.25) is 0 Å². The summed E-state index contributed by atoms with van der Waals surface area (Å²) in [6.07, 6.45) is 2.01. The van der Waals surface area contributed by atoms with Crippen LogP contribution < -0.4 is 0 Å². The number of hydrogen-bond acceptors (Lipinski definition) is 7. The van der Waals surface area contributed by atoms with Crippen LogP contribution in [0.1, 0.15) is 11.8 Å². The fraction of sp³-hybridized carbons (Fsp3) is 0.455. The zero-order valence-electron chi connectivity index (χ0n) is 11.7. The van der Waals surface area contributed by atoms with Crippen molar-refractivity contribution < 1.29 is 32.3 Å². The summed E-state index contributed by atoms with van der Waals surface area (Å²) >= 11 is 0. The van der Waals surface area contributed by atoms with E-state index >= 15 is 0 Å². The lowest BCUT2D eigenvalue weighted by atomic mass is 10.2. The van der Waals surface area contributed by atoms with Crippen LogP contribution in [0.2, 0.25) is 0 Å². The Morgan fingerprint density at radius 3 is 2.87 bits per heavy atom. The normalized spacial score (nSPS) is 22.5. The number of amides is 2. The standard InChI is InChI=1S/C11H14N4O7S/c16-6-10(17)9-1-2-14(12-9)7-3-8-5-13(4-7)11(18)15(8)22-23(19,20)21/h1-3,8,10,16-17H,4-6H2,(H,19,20,21)/t8?,10-/m1/s1. The van der Waals surface area contributed by atoms with Gasteiger partial charge in [0.05, 0.1) is 24.5 Å². The van der Waals surface area contributed by atoms with Crippen molar-refractivity contribution in [1.29, 1.82) is 0 Å². The number of aliphatic hydroxyl groups is 2. The number of hydrogen-bond donors (Lipinski definition) is 3. The zero-order valence-corrected chi connectivity index (χ0v) is 12.5. The van der Waals surface area contributed by atoms with E-state index in [4.69, 9.17) is 9.66 Å². The molecule has 12 heteroatoms. The van der Waals surface area contributed by atoms with Crippen LogP contribution in [0.15, 0.2) is 18.3 Å². The van der Waals surface area contributed by atoms with E-state index in [9.17, 15) is 18.3 Å². The number of carbonyl (C=O) groups is 1. The van der Waals surface area contributed by atoms with E-state index in [0.717, 1.165) is 0 Å². The summed E-state index contributed by atoms with van der Waals surface area (Å²) < 4.78 is 36.1. The number of nitrogens with zero attached hydrogens (tertiary/aromatic N) is 4. The highest BCUT2D eigenvalue weighted by atomic mass is 32.3. The molecule has 3 heterocycles. The fourth-order valence-corrected chi connectivity index (χ4v) is 2.87. The van der Waals surface area contributed by atoms with Gasteiger partial charge in [-0.2, -0.15) is 18.6 Å². The molecule has 1 fully saturated rings. The van der Waals surface area contributed by atoms with E-state index in [1.807, 2.05) is 0 Å². The van der Waals surface area contributed by atoms with Crippen LogP contribution >= 0.6 is 0 Å². The molecule has 2 bridgehead atoms. The van der Waals surface area contributed by atoms with Crippen molar-refractivity contribution in [1.82, 2.24) is 19.7 Å². The smallest absolute Gasteiger partial charge is 0.393 e. The Morgan fingerprint density at radius 1 is 1.48 bits per heavy atom. The predicted molar refractivity (Wildman–Crippen MR) is 73.8 cm³/mol. The zero-order chi connectivity index (χ0) is 16.8. The van der Waals surface area contributed by atoms with Crippen molar-refractivity contribution in [3.05, 3.63) is 24.0 Å². The lowest BCUT2D eigenvalue weighted by molar-refractivity contribution is -0.0183. The molecule has 2 aliphatic heterocycles. The Balaban J connectivity index is 1.85. The summed E-state index contributed by atoms with van der Waals surface area (Å²) in [5.74, 6) is 0. The summed E-state index contributed by atoms with van der Waals surface area (Å²) in [5.41, 5.74) is 0.825. The van der Waals surface area contributed by atoms with Gasteiger partial charge in [0.15, 0.2) is 0 Å². The van der Waals surface area contributed by atoms with Gasteiger partial charge in [0.25, 0.3) is 0 Å². The van der Waals surface area contributed by atoms with E-state index in [0.29, 0.717) is 10.8 Å². The van der Waals surface area contributed by atoms with Crippen LogP contribution in [0.4, 0.5) is 4.79 Å². The van der Waals surface area contributed by atoms with E-state index in [2.05, 4.69) is 9.38 Å². The number of carbonyl (C=O) groups excluding carboxylic acids is 1. The Bertz CT molecular complexity index is 758. The van der Waals surface area contributed by atoms with Crippen molar-refractivity contribution in [2.24, 2.45) is 0 Å². The number of rotatable bonds is 5. The second-order valence-corrected chi connectivity index (χ2v) is 6.10. The number of hydroxylamine groups is 2. The molecule has 2 atom stereocenters. The molecule has 1 aromatic heterocycles. The maximum absolute atomic E-state index is 12.0. The molecule has 3 rings (SSSR count). The summed E-state index contributed by atoms with van der Waals surface area (Å²) in [4.78, 5) is 13.3. The van der Waals surface area contributed by atoms with E-state index in [1.165, 1.54) is 15.6 Å². The molecular weight excluding hydrogens is 332 g/mol. The molecule has 11 nitrogen and oxygen atoms in total. The largest absolute Gasteiger partial charge is 0.418 e. The van der Waals surface area contributed by atoms with Crippen LogP contribution in [0, 0.1) is 0 Å². The summed E-state index contributed by atoms with van der Waals surface area (Å²) in [7, 11) is -4.81. The second-order valence-electron chi connectivity index (χ2n) is 5.10. The molecule has 2 amide bonds. The molecule has 1 saturated heterocycles. The quantitative estimate of drug-likeness (QED) is 0.552. The van der Waals surface area contributed by atoms with Crippen LogP contribution in [0.3, 0.4) is 0 Å². The van der Waals surface area contributed by atoms with Gasteiger partial charge in [-0.3, -0.25) is 4.55 Å². The monoisotopic (exact) mass is 346 g/mol. The van der Waals surface area contributed by atoms with Crippen LogP contribution in [-0.4, -0.2) is 74.7 Å².